The van der Waals surface area contributed by atoms with Gasteiger partial charge < -0.3 is 0 Å². The zero-order chi connectivity index (χ0) is 14.2. The van der Waals surface area contributed by atoms with Crippen molar-refractivity contribution in [2.45, 2.75) is 47.0 Å². The van der Waals surface area contributed by atoms with E-state index in [1.54, 1.807) is 0 Å². The molecule has 0 fully saturated rings. The van der Waals surface area contributed by atoms with Crippen LogP contribution in [0.4, 0.5) is 0 Å². The zero-order valence-corrected chi connectivity index (χ0v) is 13.0. The summed E-state index contributed by atoms with van der Waals surface area (Å²) in [6, 6.07) is 13.5. The van der Waals surface area contributed by atoms with Crippen molar-refractivity contribution in [3.63, 3.8) is 0 Å². The minimum Gasteiger partial charge on any atom is -0.0587 e. The molecule has 0 heteroatoms. The molecule has 100 valence electrons. The highest BCUT2D eigenvalue weighted by atomic mass is 14.2. The van der Waals surface area contributed by atoms with Gasteiger partial charge in [0.15, 0.2) is 0 Å². The van der Waals surface area contributed by atoms with Crippen LogP contribution >= 0.6 is 0 Å². The monoisotopic (exact) mass is 252 g/mol. The first-order valence-corrected chi connectivity index (χ1v) is 6.98. The van der Waals surface area contributed by atoms with E-state index in [0.29, 0.717) is 0 Å². The Kier molecular flexibility index (Phi) is 3.54. The molecule has 19 heavy (non-hydrogen) atoms. The maximum atomic E-state index is 2.32. The predicted molar refractivity (Wildman–Crippen MR) is 84.8 cm³/mol. The van der Waals surface area contributed by atoms with Gasteiger partial charge in [0.05, 0.1) is 0 Å². The molecule has 2 aromatic rings. The number of benzene rings is 2. The quantitative estimate of drug-likeness (QED) is 0.622. The SMILES string of the molecule is Cc1ccc(-c2ccc(C(C)(C)C)c(C)c2)c(C)c1. The number of aryl methyl sites for hydroxylation is 3. The van der Waals surface area contributed by atoms with E-state index in [1.807, 2.05) is 0 Å². The summed E-state index contributed by atoms with van der Waals surface area (Å²) in [5.41, 5.74) is 8.36. The lowest BCUT2D eigenvalue weighted by molar-refractivity contribution is 0.586. The summed E-state index contributed by atoms with van der Waals surface area (Å²) < 4.78 is 0. The van der Waals surface area contributed by atoms with Gasteiger partial charge in [0.25, 0.3) is 0 Å². The molecule has 0 nitrogen and oxygen atoms in total. The Labute approximate surface area is 117 Å². The molecule has 0 N–H and O–H groups in total. The second-order valence-electron chi connectivity index (χ2n) is 6.60. The van der Waals surface area contributed by atoms with Crippen LogP contribution in [-0.4, -0.2) is 0 Å². The lowest BCUT2D eigenvalue weighted by Crippen LogP contribution is -2.12. The van der Waals surface area contributed by atoms with Gasteiger partial charge in [-0.15, -0.1) is 0 Å². The average molecular weight is 252 g/mol. The minimum atomic E-state index is 0.213. The van der Waals surface area contributed by atoms with Gasteiger partial charge in [-0.2, -0.15) is 0 Å². The normalized spacial score (nSPS) is 11.7. The second-order valence-corrected chi connectivity index (χ2v) is 6.60. The topological polar surface area (TPSA) is 0 Å². The third-order valence-electron chi connectivity index (χ3n) is 3.73. The highest BCUT2D eigenvalue weighted by molar-refractivity contribution is 5.69. The molecule has 0 spiro atoms. The molecule has 0 saturated carbocycles. The van der Waals surface area contributed by atoms with Gasteiger partial charge in [-0.25, -0.2) is 0 Å². The first-order valence-electron chi connectivity index (χ1n) is 6.98. The Bertz CT molecular complexity index is 598. The van der Waals surface area contributed by atoms with Crippen molar-refractivity contribution < 1.29 is 0 Å². The van der Waals surface area contributed by atoms with Gasteiger partial charge in [0, 0.05) is 0 Å². The molecular weight excluding hydrogens is 228 g/mol. The first kappa shape index (κ1) is 13.9. The van der Waals surface area contributed by atoms with E-state index in [-0.39, 0.29) is 5.41 Å². The van der Waals surface area contributed by atoms with Gasteiger partial charge in [0.2, 0.25) is 0 Å². The van der Waals surface area contributed by atoms with Crippen molar-refractivity contribution in [3.8, 4) is 11.1 Å². The van der Waals surface area contributed by atoms with Crippen molar-refractivity contribution in [2.24, 2.45) is 0 Å². The smallest absolute Gasteiger partial charge is 0.0129 e. The second kappa shape index (κ2) is 4.85. The van der Waals surface area contributed by atoms with Crippen molar-refractivity contribution in [1.29, 1.82) is 0 Å². The third kappa shape index (κ3) is 2.89. The van der Waals surface area contributed by atoms with E-state index in [9.17, 15) is 0 Å². The Morgan fingerprint density at radius 2 is 1.42 bits per heavy atom. The van der Waals surface area contributed by atoms with Gasteiger partial charge >= 0.3 is 0 Å². The van der Waals surface area contributed by atoms with Crippen LogP contribution in [0.3, 0.4) is 0 Å². The molecule has 0 aromatic heterocycles. The van der Waals surface area contributed by atoms with Crippen LogP contribution in [0.15, 0.2) is 36.4 Å². The molecule has 0 saturated heterocycles. The average Bonchev–Trinajstić information content (AvgIpc) is 2.26. The number of hydrogen-bond donors (Lipinski definition) is 0. The van der Waals surface area contributed by atoms with Gasteiger partial charge in [0.1, 0.15) is 0 Å². The Hall–Kier alpha value is -1.56. The molecule has 0 radical (unpaired) electrons. The van der Waals surface area contributed by atoms with Crippen LogP contribution in [0.1, 0.15) is 43.0 Å². The summed E-state index contributed by atoms with van der Waals surface area (Å²) >= 11 is 0. The maximum absolute atomic E-state index is 2.32. The fourth-order valence-corrected chi connectivity index (χ4v) is 2.81. The molecular formula is C19H24. The molecule has 0 unspecified atom stereocenters. The van der Waals surface area contributed by atoms with E-state index in [0.717, 1.165) is 0 Å². The lowest BCUT2D eigenvalue weighted by Gasteiger charge is -2.22. The summed E-state index contributed by atoms with van der Waals surface area (Å²) in [7, 11) is 0. The summed E-state index contributed by atoms with van der Waals surface area (Å²) in [6.45, 7) is 13.4. The van der Waals surface area contributed by atoms with Gasteiger partial charge in [-0.05, 0) is 54.0 Å². The summed E-state index contributed by atoms with van der Waals surface area (Å²) in [5, 5.41) is 0. The first-order chi connectivity index (χ1) is 8.79. The Morgan fingerprint density at radius 3 is 1.95 bits per heavy atom. The van der Waals surface area contributed by atoms with E-state index >= 15 is 0 Å². The van der Waals surface area contributed by atoms with Gasteiger partial charge in [-0.1, -0.05) is 62.7 Å². The largest absolute Gasteiger partial charge is 0.0587 e. The number of hydrogen-bond acceptors (Lipinski definition) is 0. The van der Waals surface area contributed by atoms with Crippen molar-refractivity contribution in [1.82, 2.24) is 0 Å². The maximum Gasteiger partial charge on any atom is -0.0129 e. The van der Waals surface area contributed by atoms with E-state index < -0.39 is 0 Å². The van der Waals surface area contributed by atoms with Crippen molar-refractivity contribution in [3.05, 3.63) is 58.7 Å². The zero-order valence-electron chi connectivity index (χ0n) is 13.0. The molecule has 0 bridgehead atoms. The lowest BCUT2D eigenvalue weighted by atomic mass is 9.83. The van der Waals surface area contributed by atoms with Crippen LogP contribution in [0.25, 0.3) is 11.1 Å². The summed E-state index contributed by atoms with van der Waals surface area (Å²) in [5.74, 6) is 0. The van der Waals surface area contributed by atoms with E-state index in [4.69, 9.17) is 0 Å². The van der Waals surface area contributed by atoms with Crippen LogP contribution in [0.2, 0.25) is 0 Å². The van der Waals surface area contributed by atoms with Crippen LogP contribution < -0.4 is 0 Å². The van der Waals surface area contributed by atoms with Crippen LogP contribution in [0.5, 0.6) is 0 Å². The highest BCUT2D eigenvalue weighted by Crippen LogP contribution is 2.31. The summed E-state index contributed by atoms with van der Waals surface area (Å²) in [6.07, 6.45) is 0. The molecule has 0 aliphatic heterocycles. The van der Waals surface area contributed by atoms with Crippen molar-refractivity contribution >= 4 is 0 Å². The summed E-state index contributed by atoms with van der Waals surface area (Å²) in [4.78, 5) is 0. The highest BCUT2D eigenvalue weighted by Gasteiger charge is 2.16. The molecule has 0 heterocycles. The molecule has 0 aliphatic rings. The molecule has 2 aromatic carbocycles. The van der Waals surface area contributed by atoms with Gasteiger partial charge in [-0.3, -0.25) is 0 Å². The van der Waals surface area contributed by atoms with Crippen molar-refractivity contribution in [2.75, 3.05) is 0 Å². The standard InChI is InChI=1S/C19H24/c1-13-7-9-17(14(2)11-13)16-8-10-18(15(3)12-16)19(4,5)6/h7-12H,1-6H3. The Balaban J connectivity index is 2.51. The fraction of sp³-hybridized carbons (Fsp3) is 0.368. The number of rotatable bonds is 1. The fourth-order valence-electron chi connectivity index (χ4n) is 2.81. The van der Waals surface area contributed by atoms with E-state index in [1.165, 1.54) is 33.4 Å². The molecule has 0 atom stereocenters. The third-order valence-corrected chi connectivity index (χ3v) is 3.73. The minimum absolute atomic E-state index is 0.213. The van der Waals surface area contributed by atoms with Crippen LogP contribution in [0, 0.1) is 20.8 Å². The van der Waals surface area contributed by atoms with Crippen LogP contribution in [-0.2, 0) is 5.41 Å². The molecule has 0 aliphatic carbocycles. The predicted octanol–water partition coefficient (Wildman–Crippen LogP) is 5.58. The van der Waals surface area contributed by atoms with E-state index in [2.05, 4.69) is 77.9 Å². The molecule has 0 amide bonds. The molecule has 2 rings (SSSR count). The Morgan fingerprint density at radius 1 is 0.737 bits per heavy atom.